The van der Waals surface area contributed by atoms with Gasteiger partial charge in [-0.05, 0) is 12.0 Å². The Balaban J connectivity index is 1.61. The van der Waals surface area contributed by atoms with E-state index in [1.165, 1.54) is 0 Å². The lowest BCUT2D eigenvalue weighted by Crippen LogP contribution is -2.18. The van der Waals surface area contributed by atoms with Gasteiger partial charge in [-0.2, -0.15) is 5.26 Å². The summed E-state index contributed by atoms with van der Waals surface area (Å²) in [6.07, 6.45) is -0.500. The standard InChI is InChI=1S/C15H17NO3/c1-11(9-16)14(17)15-13(19-15)7-8-18-10-12-5-3-2-4-6-12/h2-6,13-15,17H,1,7-8,10H2/t13-,14-,15+/m0/s1. The molecule has 0 unspecified atom stereocenters. The fraction of sp³-hybridized carbons (Fsp3) is 0.400. The van der Waals surface area contributed by atoms with Gasteiger partial charge < -0.3 is 14.6 Å². The van der Waals surface area contributed by atoms with Crippen LogP contribution in [0.15, 0.2) is 42.5 Å². The second kappa shape index (κ2) is 6.48. The van der Waals surface area contributed by atoms with Gasteiger partial charge in [0.2, 0.25) is 0 Å². The van der Waals surface area contributed by atoms with E-state index in [1.54, 1.807) is 0 Å². The number of epoxide rings is 1. The largest absolute Gasteiger partial charge is 0.385 e. The van der Waals surface area contributed by atoms with Crippen molar-refractivity contribution >= 4 is 0 Å². The molecule has 1 aliphatic rings. The monoisotopic (exact) mass is 259 g/mol. The molecule has 1 aliphatic heterocycles. The molecular weight excluding hydrogens is 242 g/mol. The molecule has 4 heteroatoms. The molecule has 1 aromatic carbocycles. The number of ether oxygens (including phenoxy) is 2. The summed E-state index contributed by atoms with van der Waals surface area (Å²) in [7, 11) is 0. The lowest BCUT2D eigenvalue weighted by atomic mass is 10.1. The number of aliphatic hydroxyl groups excluding tert-OH is 1. The van der Waals surface area contributed by atoms with Gasteiger partial charge in [-0.25, -0.2) is 0 Å². The Morgan fingerprint density at radius 3 is 2.89 bits per heavy atom. The quantitative estimate of drug-likeness (QED) is 0.460. The Hall–Kier alpha value is -1.67. The maximum Gasteiger partial charge on any atom is 0.117 e. The Bertz CT molecular complexity index is 466. The van der Waals surface area contributed by atoms with Gasteiger partial charge in [-0.3, -0.25) is 0 Å². The highest BCUT2D eigenvalue weighted by Gasteiger charge is 2.44. The van der Waals surface area contributed by atoms with Crippen molar-refractivity contribution in [2.75, 3.05) is 6.61 Å². The van der Waals surface area contributed by atoms with Crippen LogP contribution in [0.5, 0.6) is 0 Å². The van der Waals surface area contributed by atoms with Crippen molar-refractivity contribution in [1.29, 1.82) is 5.26 Å². The van der Waals surface area contributed by atoms with E-state index >= 15 is 0 Å². The van der Waals surface area contributed by atoms with Gasteiger partial charge in [0.15, 0.2) is 0 Å². The molecule has 1 fully saturated rings. The predicted molar refractivity (Wildman–Crippen MR) is 70.1 cm³/mol. The number of nitrogens with zero attached hydrogens (tertiary/aromatic N) is 1. The summed E-state index contributed by atoms with van der Waals surface area (Å²) < 4.78 is 10.8. The Morgan fingerprint density at radius 1 is 1.47 bits per heavy atom. The Labute approximate surface area is 112 Å². The zero-order valence-corrected chi connectivity index (χ0v) is 10.7. The van der Waals surface area contributed by atoms with Crippen molar-refractivity contribution in [2.24, 2.45) is 0 Å². The molecule has 3 atom stereocenters. The first-order chi connectivity index (χ1) is 9.22. The van der Waals surface area contributed by atoms with Crippen LogP contribution in [-0.2, 0) is 16.1 Å². The number of nitriles is 1. The van der Waals surface area contributed by atoms with Gasteiger partial charge in [0, 0.05) is 6.61 Å². The van der Waals surface area contributed by atoms with Crippen LogP contribution in [0.4, 0.5) is 0 Å². The van der Waals surface area contributed by atoms with Gasteiger partial charge in [-0.15, -0.1) is 0 Å². The van der Waals surface area contributed by atoms with Gasteiger partial charge in [0.25, 0.3) is 0 Å². The second-order valence-corrected chi connectivity index (χ2v) is 4.55. The van der Waals surface area contributed by atoms with Crippen LogP contribution >= 0.6 is 0 Å². The average Bonchev–Trinajstić information content (AvgIpc) is 3.22. The summed E-state index contributed by atoms with van der Waals surface area (Å²) in [5.74, 6) is 0. The third-order valence-electron chi connectivity index (χ3n) is 3.09. The van der Waals surface area contributed by atoms with Crippen molar-refractivity contribution < 1.29 is 14.6 Å². The van der Waals surface area contributed by atoms with E-state index in [4.69, 9.17) is 14.7 Å². The molecule has 1 saturated heterocycles. The van der Waals surface area contributed by atoms with Gasteiger partial charge >= 0.3 is 0 Å². The molecule has 19 heavy (non-hydrogen) atoms. The van der Waals surface area contributed by atoms with Gasteiger partial charge in [0.1, 0.15) is 12.2 Å². The number of aliphatic hydroxyl groups is 1. The summed E-state index contributed by atoms with van der Waals surface area (Å²) in [5.41, 5.74) is 1.28. The Kier molecular flexibility index (Phi) is 4.69. The van der Waals surface area contributed by atoms with Gasteiger partial charge in [-0.1, -0.05) is 36.9 Å². The smallest absolute Gasteiger partial charge is 0.117 e. The maximum absolute atomic E-state index is 9.67. The molecule has 1 heterocycles. The number of rotatable bonds is 7. The molecule has 0 radical (unpaired) electrons. The minimum absolute atomic E-state index is 0.0316. The third-order valence-corrected chi connectivity index (χ3v) is 3.09. The van der Waals surface area contributed by atoms with Crippen molar-refractivity contribution in [3.8, 4) is 6.07 Å². The predicted octanol–water partition coefficient (Wildman–Crippen LogP) is 1.80. The summed E-state index contributed by atoms with van der Waals surface area (Å²) in [6.45, 7) is 4.63. The Morgan fingerprint density at radius 2 is 2.21 bits per heavy atom. The van der Waals surface area contributed by atoms with Crippen LogP contribution in [0.1, 0.15) is 12.0 Å². The zero-order chi connectivity index (χ0) is 13.7. The fourth-order valence-electron chi connectivity index (χ4n) is 1.89. The molecule has 0 aromatic heterocycles. The van der Waals surface area contributed by atoms with E-state index in [1.807, 2.05) is 36.4 Å². The van der Waals surface area contributed by atoms with Crippen molar-refractivity contribution in [3.05, 3.63) is 48.0 Å². The molecule has 0 amide bonds. The van der Waals surface area contributed by atoms with Crippen molar-refractivity contribution in [3.63, 3.8) is 0 Å². The van der Waals surface area contributed by atoms with Crippen LogP contribution < -0.4 is 0 Å². The average molecular weight is 259 g/mol. The minimum atomic E-state index is -0.885. The molecule has 0 spiro atoms. The molecule has 1 aromatic rings. The minimum Gasteiger partial charge on any atom is -0.385 e. The second-order valence-electron chi connectivity index (χ2n) is 4.55. The number of benzene rings is 1. The third kappa shape index (κ3) is 3.90. The fourth-order valence-corrected chi connectivity index (χ4v) is 1.89. The first-order valence-corrected chi connectivity index (χ1v) is 6.26. The topological polar surface area (TPSA) is 65.8 Å². The summed E-state index contributed by atoms with van der Waals surface area (Å²) in [6, 6.07) is 11.8. The van der Waals surface area contributed by atoms with Crippen LogP contribution in [0, 0.1) is 11.3 Å². The van der Waals surface area contributed by atoms with E-state index in [2.05, 4.69) is 6.58 Å². The van der Waals surface area contributed by atoms with E-state index < -0.39 is 6.10 Å². The molecule has 0 saturated carbocycles. The first-order valence-electron chi connectivity index (χ1n) is 6.26. The van der Waals surface area contributed by atoms with E-state index in [9.17, 15) is 5.11 Å². The zero-order valence-electron chi connectivity index (χ0n) is 10.7. The molecular formula is C15H17NO3. The van der Waals surface area contributed by atoms with E-state index in [0.717, 1.165) is 5.56 Å². The molecule has 0 aliphatic carbocycles. The van der Waals surface area contributed by atoms with Crippen LogP contribution in [0.2, 0.25) is 0 Å². The molecule has 1 N–H and O–H groups in total. The first kappa shape index (κ1) is 13.8. The van der Waals surface area contributed by atoms with E-state index in [0.29, 0.717) is 19.6 Å². The number of hydrogen-bond acceptors (Lipinski definition) is 4. The SMILES string of the molecule is C=C(C#N)[C@H](O)[C@@H]1O[C@H]1CCOCc1ccccc1. The van der Waals surface area contributed by atoms with Crippen LogP contribution in [-0.4, -0.2) is 30.0 Å². The normalized spacial score (nSPS) is 22.5. The summed E-state index contributed by atoms with van der Waals surface area (Å²) in [4.78, 5) is 0. The van der Waals surface area contributed by atoms with Crippen LogP contribution in [0.25, 0.3) is 0 Å². The molecule has 4 nitrogen and oxygen atoms in total. The summed E-state index contributed by atoms with van der Waals surface area (Å²) in [5, 5.41) is 18.3. The number of hydrogen-bond donors (Lipinski definition) is 1. The highest BCUT2D eigenvalue weighted by molar-refractivity contribution is 5.24. The molecule has 100 valence electrons. The van der Waals surface area contributed by atoms with Gasteiger partial charge in [0.05, 0.1) is 24.4 Å². The van der Waals surface area contributed by atoms with E-state index in [-0.39, 0.29) is 17.8 Å². The highest BCUT2D eigenvalue weighted by atomic mass is 16.6. The maximum atomic E-state index is 9.67. The summed E-state index contributed by atoms with van der Waals surface area (Å²) >= 11 is 0. The molecule has 2 rings (SSSR count). The molecule has 0 bridgehead atoms. The highest BCUT2D eigenvalue weighted by Crippen LogP contribution is 2.30. The lowest BCUT2D eigenvalue weighted by Gasteiger charge is -2.04. The van der Waals surface area contributed by atoms with Crippen LogP contribution in [0.3, 0.4) is 0 Å². The van der Waals surface area contributed by atoms with Crippen molar-refractivity contribution in [2.45, 2.75) is 31.3 Å². The van der Waals surface area contributed by atoms with Crippen molar-refractivity contribution in [1.82, 2.24) is 0 Å². The lowest BCUT2D eigenvalue weighted by molar-refractivity contribution is 0.113.